The van der Waals surface area contributed by atoms with Gasteiger partial charge in [0.2, 0.25) is 5.28 Å². The van der Waals surface area contributed by atoms with Gasteiger partial charge in [0.05, 0.1) is 28.4 Å². The molecule has 2 fully saturated rings. The minimum absolute atomic E-state index is 0.00350. The first-order valence-corrected chi connectivity index (χ1v) is 10.3. The number of alkyl halides is 3. The molecule has 0 saturated carbocycles. The van der Waals surface area contributed by atoms with Gasteiger partial charge in [0.15, 0.2) is 5.65 Å². The Morgan fingerprint density at radius 3 is 2.68 bits per heavy atom. The van der Waals surface area contributed by atoms with Crippen molar-refractivity contribution in [3.05, 3.63) is 41.3 Å². The minimum Gasteiger partial charge on any atom is -0.389 e. The molecule has 0 bridgehead atoms. The molecule has 2 aliphatic heterocycles. The molecule has 1 N–H and O–H groups in total. The fourth-order valence-electron chi connectivity index (χ4n) is 4.26. The van der Waals surface area contributed by atoms with Crippen LogP contribution >= 0.6 is 11.6 Å². The molecule has 1 aromatic carbocycles. The maximum absolute atomic E-state index is 13.1. The summed E-state index contributed by atoms with van der Waals surface area (Å²) < 4.78 is 40.7. The first-order chi connectivity index (χ1) is 14.6. The average molecular weight is 453 g/mol. The van der Waals surface area contributed by atoms with Crippen LogP contribution in [0, 0.1) is 0 Å². The zero-order valence-corrected chi connectivity index (χ0v) is 17.4. The molecule has 2 aromatic heterocycles. The van der Waals surface area contributed by atoms with Crippen molar-refractivity contribution in [2.75, 3.05) is 31.1 Å². The topological polar surface area (TPSA) is 70.3 Å². The summed E-state index contributed by atoms with van der Waals surface area (Å²) in [6, 6.07) is 5.22. The molecule has 164 valence electrons. The molecule has 5 rings (SSSR count). The van der Waals surface area contributed by atoms with Crippen LogP contribution in [0.3, 0.4) is 0 Å². The van der Waals surface area contributed by atoms with Crippen LogP contribution in [0.5, 0.6) is 0 Å². The highest BCUT2D eigenvalue weighted by molar-refractivity contribution is 6.28. The first kappa shape index (κ1) is 20.5. The number of nitrogens with zero attached hydrogens (tertiary/aromatic N) is 6. The van der Waals surface area contributed by atoms with Crippen molar-refractivity contribution in [2.45, 2.75) is 31.2 Å². The van der Waals surface area contributed by atoms with Crippen LogP contribution in [0.15, 0.2) is 30.5 Å². The van der Waals surface area contributed by atoms with Crippen LogP contribution in [0.25, 0.3) is 16.7 Å². The van der Waals surface area contributed by atoms with Gasteiger partial charge in [-0.2, -0.15) is 28.2 Å². The number of hydrogen-bond donors (Lipinski definition) is 1. The molecule has 2 aliphatic rings. The van der Waals surface area contributed by atoms with E-state index in [1.807, 2.05) is 11.8 Å². The number of likely N-dealkylation sites (tertiary alicyclic amines) is 1. The van der Waals surface area contributed by atoms with Crippen molar-refractivity contribution in [3.8, 4) is 5.69 Å². The number of aliphatic hydroxyl groups is 1. The van der Waals surface area contributed by atoms with E-state index in [2.05, 4.69) is 20.0 Å². The zero-order chi connectivity index (χ0) is 22.0. The lowest BCUT2D eigenvalue weighted by Crippen LogP contribution is -2.59. The Morgan fingerprint density at radius 1 is 1.23 bits per heavy atom. The summed E-state index contributed by atoms with van der Waals surface area (Å²) in [4.78, 5) is 12.9. The normalized spacial score (nSPS) is 23.0. The third-order valence-electron chi connectivity index (χ3n) is 5.96. The fraction of sp³-hybridized carbons (Fsp3) is 0.450. The van der Waals surface area contributed by atoms with Crippen LogP contribution in [-0.2, 0) is 6.18 Å². The van der Waals surface area contributed by atoms with Crippen LogP contribution in [-0.4, -0.2) is 67.6 Å². The van der Waals surface area contributed by atoms with E-state index in [4.69, 9.17) is 11.6 Å². The summed E-state index contributed by atoms with van der Waals surface area (Å²) in [7, 11) is 0. The van der Waals surface area contributed by atoms with Crippen LogP contribution < -0.4 is 4.90 Å². The Hall–Kier alpha value is -2.43. The lowest BCUT2D eigenvalue weighted by atomic mass is 10.1. The van der Waals surface area contributed by atoms with Crippen molar-refractivity contribution in [1.82, 2.24) is 24.6 Å². The molecular weight excluding hydrogens is 433 g/mol. The summed E-state index contributed by atoms with van der Waals surface area (Å²) in [5, 5.41) is 15.1. The summed E-state index contributed by atoms with van der Waals surface area (Å²) >= 11 is 6.16. The molecule has 0 amide bonds. The molecule has 2 saturated heterocycles. The number of hydrogen-bond acceptors (Lipinski definition) is 6. The number of fused-ring (bicyclic) bond motifs is 1. The summed E-state index contributed by atoms with van der Waals surface area (Å²) in [5.41, 5.74) is -0.827. The van der Waals surface area contributed by atoms with Gasteiger partial charge in [-0.1, -0.05) is 6.07 Å². The Labute approximate surface area is 181 Å². The van der Waals surface area contributed by atoms with Crippen molar-refractivity contribution in [3.63, 3.8) is 0 Å². The molecular formula is C20H20ClF3N6O. The molecule has 0 aliphatic carbocycles. The Bertz CT molecular complexity index is 1140. The summed E-state index contributed by atoms with van der Waals surface area (Å²) in [6.45, 7) is 4.76. The Kier molecular flexibility index (Phi) is 4.65. The van der Waals surface area contributed by atoms with Gasteiger partial charge in [-0.3, -0.25) is 4.90 Å². The second kappa shape index (κ2) is 7.04. The molecule has 31 heavy (non-hydrogen) atoms. The second-order valence-corrected chi connectivity index (χ2v) is 8.77. The van der Waals surface area contributed by atoms with E-state index in [-0.39, 0.29) is 11.0 Å². The van der Waals surface area contributed by atoms with Gasteiger partial charge in [0.25, 0.3) is 0 Å². The molecule has 7 nitrogen and oxygen atoms in total. The second-order valence-electron chi connectivity index (χ2n) is 8.43. The maximum Gasteiger partial charge on any atom is 0.416 e. The van der Waals surface area contributed by atoms with E-state index in [9.17, 15) is 18.3 Å². The number of β-amino-alcohol motifs (C(OH)–C–C–N with tert-alkyl or cyclic N) is 1. The van der Waals surface area contributed by atoms with E-state index < -0.39 is 17.3 Å². The summed E-state index contributed by atoms with van der Waals surface area (Å²) in [5.74, 6) is 0.607. The molecule has 0 radical (unpaired) electrons. The fourth-order valence-corrected chi connectivity index (χ4v) is 4.42. The van der Waals surface area contributed by atoms with Crippen LogP contribution in [0.2, 0.25) is 5.28 Å². The van der Waals surface area contributed by atoms with E-state index >= 15 is 0 Å². The predicted molar refractivity (Wildman–Crippen MR) is 109 cm³/mol. The zero-order valence-electron chi connectivity index (χ0n) is 16.6. The van der Waals surface area contributed by atoms with E-state index in [0.717, 1.165) is 25.1 Å². The van der Waals surface area contributed by atoms with Crippen molar-refractivity contribution in [1.29, 1.82) is 0 Å². The van der Waals surface area contributed by atoms with Crippen LogP contribution in [0.4, 0.5) is 19.0 Å². The number of anilines is 1. The minimum atomic E-state index is -4.45. The quantitative estimate of drug-likeness (QED) is 0.616. The van der Waals surface area contributed by atoms with Gasteiger partial charge >= 0.3 is 6.18 Å². The molecule has 4 heterocycles. The van der Waals surface area contributed by atoms with Gasteiger partial charge in [-0.05, 0) is 43.1 Å². The highest BCUT2D eigenvalue weighted by Gasteiger charge is 2.41. The van der Waals surface area contributed by atoms with Crippen LogP contribution in [0.1, 0.15) is 18.9 Å². The van der Waals surface area contributed by atoms with Crippen molar-refractivity contribution < 1.29 is 18.3 Å². The standard InChI is InChI=1S/C20H20ClF3N6O/c1-19(31)5-6-28(11-19)14-9-29(10-14)16-15-8-25-30(17(15)27-18(21)26-16)13-4-2-3-12(7-13)20(22,23)24/h2-4,7-8,14,31H,5-6,9-11H2,1H3/t19-/m0/s1. The highest BCUT2D eigenvalue weighted by atomic mass is 35.5. The van der Waals surface area contributed by atoms with Gasteiger partial charge in [-0.25, -0.2) is 4.68 Å². The first-order valence-electron chi connectivity index (χ1n) is 9.91. The SMILES string of the molecule is C[C@]1(O)CCN(C2CN(c3nc(Cl)nc4c3cnn4-c3cccc(C(F)(F)F)c3)C2)C1. The lowest BCUT2D eigenvalue weighted by molar-refractivity contribution is -0.137. The van der Waals surface area contributed by atoms with E-state index in [1.54, 1.807) is 6.20 Å². The number of rotatable bonds is 3. The van der Waals surface area contributed by atoms with E-state index in [1.165, 1.54) is 16.8 Å². The monoisotopic (exact) mass is 452 g/mol. The average Bonchev–Trinajstić information content (AvgIpc) is 3.23. The number of aromatic nitrogens is 4. The van der Waals surface area contributed by atoms with E-state index in [0.29, 0.717) is 42.5 Å². The van der Waals surface area contributed by atoms with Gasteiger partial charge < -0.3 is 10.0 Å². The third-order valence-corrected chi connectivity index (χ3v) is 6.13. The molecule has 3 aromatic rings. The number of benzene rings is 1. The summed E-state index contributed by atoms with van der Waals surface area (Å²) in [6.07, 6.45) is -2.16. The maximum atomic E-state index is 13.1. The lowest BCUT2D eigenvalue weighted by Gasteiger charge is -2.45. The highest BCUT2D eigenvalue weighted by Crippen LogP contribution is 2.34. The molecule has 0 spiro atoms. The third kappa shape index (κ3) is 3.72. The van der Waals surface area contributed by atoms with Gasteiger partial charge in [0.1, 0.15) is 5.82 Å². The van der Waals surface area contributed by atoms with Gasteiger partial charge in [0, 0.05) is 32.2 Å². The van der Waals surface area contributed by atoms with Crippen molar-refractivity contribution in [2.24, 2.45) is 0 Å². The molecule has 1 atom stereocenters. The Morgan fingerprint density at radius 2 is 2.00 bits per heavy atom. The Balaban J connectivity index is 1.44. The predicted octanol–water partition coefficient (Wildman–Crippen LogP) is 3.13. The smallest absolute Gasteiger partial charge is 0.389 e. The van der Waals surface area contributed by atoms with Crippen molar-refractivity contribution >= 4 is 28.5 Å². The van der Waals surface area contributed by atoms with Gasteiger partial charge in [-0.15, -0.1) is 0 Å². The largest absolute Gasteiger partial charge is 0.416 e. The molecule has 11 heteroatoms. The number of halogens is 4. The molecule has 0 unspecified atom stereocenters.